The first kappa shape index (κ1) is 8.84. The van der Waals surface area contributed by atoms with Gasteiger partial charge in [0.1, 0.15) is 0 Å². The van der Waals surface area contributed by atoms with Gasteiger partial charge in [0.05, 0.1) is 9.92 Å². The van der Waals surface area contributed by atoms with Gasteiger partial charge < -0.3 is 0 Å². The van der Waals surface area contributed by atoms with Crippen LogP contribution in [0.5, 0.6) is 0 Å². The number of halogens is 1. The molecular formula is C7H9ClN2S. The maximum absolute atomic E-state index is 5.88. The van der Waals surface area contributed by atoms with E-state index in [4.69, 9.17) is 11.6 Å². The molecule has 0 spiro atoms. The monoisotopic (exact) mass is 188 g/mol. The summed E-state index contributed by atoms with van der Waals surface area (Å²) in [5.41, 5.74) is 0. The first-order chi connectivity index (χ1) is 5.20. The first-order valence-corrected chi connectivity index (χ1v) is 4.30. The van der Waals surface area contributed by atoms with Gasteiger partial charge in [-0.05, 0) is 32.1 Å². The SMILES string of the molecule is CN(C)Sc1cnccc1Cl. The zero-order chi connectivity index (χ0) is 8.27. The van der Waals surface area contributed by atoms with Crippen LogP contribution in [0.2, 0.25) is 5.02 Å². The normalized spacial score (nSPS) is 10.5. The molecule has 1 aromatic heterocycles. The molecule has 0 amide bonds. The van der Waals surface area contributed by atoms with Crippen molar-refractivity contribution in [3.8, 4) is 0 Å². The van der Waals surface area contributed by atoms with Crippen LogP contribution in [0, 0.1) is 0 Å². The van der Waals surface area contributed by atoms with Crippen molar-refractivity contribution in [1.82, 2.24) is 9.29 Å². The van der Waals surface area contributed by atoms with Gasteiger partial charge >= 0.3 is 0 Å². The summed E-state index contributed by atoms with van der Waals surface area (Å²) in [6.07, 6.45) is 3.44. The molecule has 60 valence electrons. The number of rotatable bonds is 2. The fraction of sp³-hybridized carbons (Fsp3) is 0.286. The van der Waals surface area contributed by atoms with Crippen molar-refractivity contribution in [1.29, 1.82) is 0 Å². The maximum atomic E-state index is 5.88. The van der Waals surface area contributed by atoms with Crippen LogP contribution >= 0.6 is 23.5 Å². The van der Waals surface area contributed by atoms with Crippen LogP contribution in [-0.2, 0) is 0 Å². The fourth-order valence-corrected chi connectivity index (χ4v) is 1.49. The lowest BCUT2D eigenvalue weighted by Gasteiger charge is -2.08. The molecule has 0 bridgehead atoms. The smallest absolute Gasteiger partial charge is 0.0599 e. The lowest BCUT2D eigenvalue weighted by molar-refractivity contribution is 0.702. The number of nitrogens with zero attached hydrogens (tertiary/aromatic N) is 2. The summed E-state index contributed by atoms with van der Waals surface area (Å²) in [7, 11) is 3.93. The third-order valence-electron chi connectivity index (χ3n) is 1.02. The molecule has 0 aliphatic rings. The Bertz CT molecular complexity index is 240. The molecule has 0 fully saturated rings. The number of aromatic nitrogens is 1. The van der Waals surface area contributed by atoms with Crippen molar-refractivity contribution >= 4 is 23.5 Å². The average Bonchev–Trinajstić information content (AvgIpc) is 1.93. The van der Waals surface area contributed by atoms with E-state index in [1.165, 1.54) is 0 Å². The van der Waals surface area contributed by atoms with Crippen molar-refractivity contribution in [3.05, 3.63) is 23.5 Å². The van der Waals surface area contributed by atoms with E-state index in [0.717, 1.165) is 9.92 Å². The van der Waals surface area contributed by atoms with E-state index in [-0.39, 0.29) is 0 Å². The third-order valence-corrected chi connectivity index (χ3v) is 2.34. The fourth-order valence-electron chi connectivity index (χ4n) is 0.627. The average molecular weight is 189 g/mol. The number of hydrogen-bond acceptors (Lipinski definition) is 3. The molecule has 0 saturated carbocycles. The zero-order valence-corrected chi connectivity index (χ0v) is 7.99. The Hall–Kier alpha value is -0.250. The van der Waals surface area contributed by atoms with E-state index in [2.05, 4.69) is 4.98 Å². The minimum atomic E-state index is 0.749. The molecule has 0 radical (unpaired) electrons. The topological polar surface area (TPSA) is 16.1 Å². The van der Waals surface area contributed by atoms with Gasteiger partial charge in [-0.25, -0.2) is 0 Å². The molecule has 0 atom stereocenters. The van der Waals surface area contributed by atoms with E-state index >= 15 is 0 Å². The summed E-state index contributed by atoms with van der Waals surface area (Å²) in [6, 6.07) is 1.79. The highest BCUT2D eigenvalue weighted by molar-refractivity contribution is 7.97. The number of pyridine rings is 1. The van der Waals surface area contributed by atoms with Crippen LogP contribution in [0.25, 0.3) is 0 Å². The van der Waals surface area contributed by atoms with Crippen molar-refractivity contribution < 1.29 is 0 Å². The first-order valence-electron chi connectivity index (χ1n) is 3.15. The minimum absolute atomic E-state index is 0.749. The Labute approximate surface area is 75.7 Å². The van der Waals surface area contributed by atoms with Gasteiger partial charge in [0.25, 0.3) is 0 Å². The molecule has 0 aliphatic heterocycles. The minimum Gasteiger partial charge on any atom is -0.263 e. The maximum Gasteiger partial charge on any atom is 0.0599 e. The molecule has 1 heterocycles. The van der Waals surface area contributed by atoms with Gasteiger partial charge in [0.15, 0.2) is 0 Å². The second-order valence-electron chi connectivity index (χ2n) is 2.21. The van der Waals surface area contributed by atoms with Crippen LogP contribution in [-0.4, -0.2) is 23.4 Å². The quantitative estimate of drug-likeness (QED) is 0.663. The van der Waals surface area contributed by atoms with E-state index in [1.807, 2.05) is 18.4 Å². The van der Waals surface area contributed by atoms with E-state index in [0.29, 0.717) is 0 Å². The molecule has 0 aromatic carbocycles. The van der Waals surface area contributed by atoms with Crippen molar-refractivity contribution in [2.75, 3.05) is 14.1 Å². The summed E-state index contributed by atoms with van der Waals surface area (Å²) >= 11 is 7.44. The molecule has 11 heavy (non-hydrogen) atoms. The van der Waals surface area contributed by atoms with Crippen molar-refractivity contribution in [2.24, 2.45) is 0 Å². The van der Waals surface area contributed by atoms with E-state index in [9.17, 15) is 0 Å². The Morgan fingerprint density at radius 1 is 1.55 bits per heavy atom. The van der Waals surface area contributed by atoms with Gasteiger partial charge in [0.2, 0.25) is 0 Å². The highest BCUT2D eigenvalue weighted by Gasteiger charge is 2.00. The standard InChI is InChI=1S/C7H9ClN2S/c1-10(2)11-7-5-9-4-3-6(7)8/h3-5H,1-2H3. The lowest BCUT2D eigenvalue weighted by Crippen LogP contribution is -1.98. The Balaban J connectivity index is 2.78. The summed E-state index contributed by atoms with van der Waals surface area (Å²) < 4.78 is 1.98. The van der Waals surface area contributed by atoms with Crippen molar-refractivity contribution in [3.63, 3.8) is 0 Å². The lowest BCUT2D eigenvalue weighted by atomic mass is 10.5. The Kier molecular flexibility index (Phi) is 3.17. The predicted octanol–water partition coefficient (Wildman–Crippen LogP) is 2.30. The van der Waals surface area contributed by atoms with Crippen LogP contribution < -0.4 is 0 Å². The Morgan fingerprint density at radius 3 is 2.82 bits per heavy atom. The van der Waals surface area contributed by atoms with Crippen LogP contribution in [0.15, 0.2) is 23.4 Å². The van der Waals surface area contributed by atoms with Gasteiger partial charge in [-0.2, -0.15) is 0 Å². The summed E-state index contributed by atoms with van der Waals surface area (Å²) in [5, 5.41) is 0.749. The van der Waals surface area contributed by atoms with Crippen LogP contribution in [0.3, 0.4) is 0 Å². The van der Waals surface area contributed by atoms with Gasteiger partial charge in [-0.3, -0.25) is 9.29 Å². The molecule has 2 nitrogen and oxygen atoms in total. The molecule has 0 N–H and O–H groups in total. The third kappa shape index (κ3) is 2.69. The zero-order valence-electron chi connectivity index (χ0n) is 6.41. The van der Waals surface area contributed by atoms with Crippen LogP contribution in [0.1, 0.15) is 0 Å². The molecule has 0 aliphatic carbocycles. The van der Waals surface area contributed by atoms with E-state index in [1.54, 1.807) is 30.4 Å². The molecular weight excluding hydrogens is 180 g/mol. The summed E-state index contributed by atoms with van der Waals surface area (Å²) in [6.45, 7) is 0. The van der Waals surface area contributed by atoms with Gasteiger partial charge in [-0.15, -0.1) is 0 Å². The van der Waals surface area contributed by atoms with Gasteiger partial charge in [0, 0.05) is 12.4 Å². The number of hydrogen-bond donors (Lipinski definition) is 0. The second-order valence-corrected chi connectivity index (χ2v) is 3.97. The summed E-state index contributed by atoms with van der Waals surface area (Å²) in [4.78, 5) is 4.95. The van der Waals surface area contributed by atoms with E-state index < -0.39 is 0 Å². The predicted molar refractivity (Wildman–Crippen MR) is 48.8 cm³/mol. The molecule has 1 rings (SSSR count). The van der Waals surface area contributed by atoms with Crippen molar-refractivity contribution in [2.45, 2.75) is 4.90 Å². The summed E-state index contributed by atoms with van der Waals surface area (Å²) in [5.74, 6) is 0. The molecule has 0 unspecified atom stereocenters. The van der Waals surface area contributed by atoms with Gasteiger partial charge in [-0.1, -0.05) is 11.6 Å². The second kappa shape index (κ2) is 3.95. The molecule has 0 saturated heterocycles. The highest BCUT2D eigenvalue weighted by atomic mass is 35.5. The molecule has 4 heteroatoms. The molecule has 1 aromatic rings. The highest BCUT2D eigenvalue weighted by Crippen LogP contribution is 2.26. The van der Waals surface area contributed by atoms with Crippen LogP contribution in [0.4, 0.5) is 0 Å². The largest absolute Gasteiger partial charge is 0.263 e. The Morgan fingerprint density at radius 2 is 2.27 bits per heavy atom.